The number of benzene rings is 1. The molecule has 1 aromatic rings. The van der Waals surface area contributed by atoms with Gasteiger partial charge in [-0.1, -0.05) is 6.07 Å². The highest BCUT2D eigenvalue weighted by molar-refractivity contribution is 5.24. The van der Waals surface area contributed by atoms with Crippen molar-refractivity contribution in [2.45, 2.75) is 31.9 Å². The number of nitrogens with one attached hydrogen (secondary N) is 1. The van der Waals surface area contributed by atoms with Gasteiger partial charge in [0.2, 0.25) is 0 Å². The minimum atomic E-state index is -1.44. The zero-order valence-corrected chi connectivity index (χ0v) is 11.0. The third-order valence-corrected chi connectivity index (χ3v) is 3.04. The summed E-state index contributed by atoms with van der Waals surface area (Å²) in [6, 6.07) is 1.73. The Hall–Kier alpha value is -1.07. The third kappa shape index (κ3) is 3.23. The van der Waals surface area contributed by atoms with Crippen LogP contribution in [0.5, 0.6) is 0 Å². The topological polar surface area (TPSA) is 21.3 Å². The summed E-state index contributed by atoms with van der Waals surface area (Å²) in [5.41, 5.74) is -0.396. The van der Waals surface area contributed by atoms with Crippen molar-refractivity contribution in [3.05, 3.63) is 35.1 Å². The summed E-state index contributed by atoms with van der Waals surface area (Å²) >= 11 is 0. The molecular formula is C13H18F3NO. The Labute approximate surface area is 105 Å². The van der Waals surface area contributed by atoms with Crippen LogP contribution in [0.15, 0.2) is 12.1 Å². The Morgan fingerprint density at radius 2 is 1.83 bits per heavy atom. The SMILES string of the molecule is CNC(CC(C)(C)OC)c1ccc(F)c(F)c1F. The van der Waals surface area contributed by atoms with Gasteiger partial charge in [-0.25, -0.2) is 13.2 Å². The molecule has 1 atom stereocenters. The molecule has 0 spiro atoms. The normalized spacial score (nSPS) is 13.7. The molecule has 2 nitrogen and oxygen atoms in total. The largest absolute Gasteiger partial charge is 0.379 e. The predicted molar refractivity (Wildman–Crippen MR) is 63.8 cm³/mol. The lowest BCUT2D eigenvalue weighted by molar-refractivity contribution is 0.00713. The number of rotatable bonds is 5. The third-order valence-electron chi connectivity index (χ3n) is 3.04. The molecule has 0 aromatic heterocycles. The molecule has 0 amide bonds. The highest BCUT2D eigenvalue weighted by Gasteiger charge is 2.26. The van der Waals surface area contributed by atoms with Crippen molar-refractivity contribution in [1.29, 1.82) is 0 Å². The van der Waals surface area contributed by atoms with Gasteiger partial charge in [-0.2, -0.15) is 0 Å². The highest BCUT2D eigenvalue weighted by Crippen LogP contribution is 2.28. The van der Waals surface area contributed by atoms with E-state index >= 15 is 0 Å². The Morgan fingerprint density at radius 3 is 2.33 bits per heavy atom. The van der Waals surface area contributed by atoms with Crippen molar-refractivity contribution in [3.63, 3.8) is 0 Å². The van der Waals surface area contributed by atoms with Gasteiger partial charge in [-0.3, -0.25) is 0 Å². The Kier molecular flexibility index (Phi) is 4.76. The van der Waals surface area contributed by atoms with Gasteiger partial charge < -0.3 is 10.1 Å². The maximum atomic E-state index is 13.7. The van der Waals surface area contributed by atoms with Crippen molar-refractivity contribution in [1.82, 2.24) is 5.32 Å². The van der Waals surface area contributed by atoms with Gasteiger partial charge in [0.05, 0.1) is 5.60 Å². The lowest BCUT2D eigenvalue weighted by Gasteiger charge is -2.28. The Morgan fingerprint density at radius 1 is 1.22 bits per heavy atom. The first kappa shape index (κ1) is 15.0. The molecule has 0 aliphatic carbocycles. The molecule has 1 N–H and O–H groups in total. The minimum absolute atomic E-state index is 0.0986. The molecule has 0 saturated heterocycles. The summed E-state index contributed by atoms with van der Waals surface area (Å²) in [7, 11) is 3.19. The van der Waals surface area contributed by atoms with Crippen LogP contribution in [0.1, 0.15) is 31.9 Å². The van der Waals surface area contributed by atoms with Gasteiger partial charge in [0.25, 0.3) is 0 Å². The lowest BCUT2D eigenvalue weighted by atomic mass is 9.93. The van der Waals surface area contributed by atoms with E-state index in [9.17, 15) is 13.2 Å². The first-order chi connectivity index (χ1) is 8.32. The van der Waals surface area contributed by atoms with Gasteiger partial charge in [0, 0.05) is 18.7 Å². The summed E-state index contributed by atoms with van der Waals surface area (Å²) < 4.78 is 45.0. The molecule has 18 heavy (non-hydrogen) atoms. The van der Waals surface area contributed by atoms with E-state index in [0.717, 1.165) is 6.07 Å². The van der Waals surface area contributed by atoms with E-state index < -0.39 is 29.1 Å². The quantitative estimate of drug-likeness (QED) is 0.822. The summed E-state index contributed by atoms with van der Waals surface area (Å²) in [6.45, 7) is 3.68. The van der Waals surface area contributed by atoms with E-state index in [1.54, 1.807) is 14.2 Å². The van der Waals surface area contributed by atoms with Crippen LogP contribution in [0.3, 0.4) is 0 Å². The average molecular weight is 261 g/mol. The number of hydrogen-bond donors (Lipinski definition) is 1. The number of halogens is 3. The van der Waals surface area contributed by atoms with Crippen LogP contribution in [0.25, 0.3) is 0 Å². The maximum absolute atomic E-state index is 13.7. The van der Waals surface area contributed by atoms with E-state index in [1.165, 1.54) is 6.07 Å². The monoisotopic (exact) mass is 261 g/mol. The van der Waals surface area contributed by atoms with Gasteiger partial charge in [-0.05, 0) is 33.4 Å². The van der Waals surface area contributed by atoms with Crippen molar-refractivity contribution in [2.24, 2.45) is 0 Å². The van der Waals surface area contributed by atoms with Crippen LogP contribution in [-0.4, -0.2) is 19.8 Å². The van der Waals surface area contributed by atoms with Crippen LogP contribution in [-0.2, 0) is 4.74 Å². The van der Waals surface area contributed by atoms with Gasteiger partial charge in [0.15, 0.2) is 17.5 Å². The highest BCUT2D eigenvalue weighted by atomic mass is 19.2. The Balaban J connectivity index is 3.07. The summed E-state index contributed by atoms with van der Waals surface area (Å²) in [4.78, 5) is 0. The molecule has 0 bridgehead atoms. The second-order valence-electron chi connectivity index (χ2n) is 4.77. The Bertz CT molecular complexity index is 421. The van der Waals surface area contributed by atoms with E-state index in [0.29, 0.717) is 6.42 Å². The van der Waals surface area contributed by atoms with Crippen LogP contribution >= 0.6 is 0 Å². The molecule has 0 aliphatic rings. The van der Waals surface area contributed by atoms with Crippen molar-refractivity contribution < 1.29 is 17.9 Å². The predicted octanol–water partition coefficient (Wildman–Crippen LogP) is 3.18. The first-order valence-electron chi connectivity index (χ1n) is 5.68. The van der Waals surface area contributed by atoms with Crippen LogP contribution in [0.2, 0.25) is 0 Å². The van der Waals surface area contributed by atoms with Gasteiger partial charge in [0.1, 0.15) is 0 Å². The summed E-state index contributed by atoms with van der Waals surface area (Å²) in [5, 5.41) is 2.89. The molecule has 1 rings (SSSR count). The minimum Gasteiger partial charge on any atom is -0.379 e. The first-order valence-corrected chi connectivity index (χ1v) is 5.68. The van der Waals surface area contributed by atoms with E-state index in [4.69, 9.17) is 4.74 Å². The fraction of sp³-hybridized carbons (Fsp3) is 0.538. The lowest BCUT2D eigenvalue weighted by Crippen LogP contribution is -2.31. The van der Waals surface area contributed by atoms with E-state index in [2.05, 4.69) is 5.32 Å². The van der Waals surface area contributed by atoms with Gasteiger partial charge >= 0.3 is 0 Å². The molecule has 0 saturated carbocycles. The molecule has 5 heteroatoms. The molecule has 0 fully saturated rings. The summed E-state index contributed by atoms with van der Waals surface area (Å²) in [6.07, 6.45) is 0.433. The number of methoxy groups -OCH3 is 1. The molecule has 102 valence electrons. The maximum Gasteiger partial charge on any atom is 0.194 e. The molecule has 1 aromatic carbocycles. The summed E-state index contributed by atoms with van der Waals surface area (Å²) in [5.74, 6) is -3.78. The number of ether oxygens (including phenoxy) is 1. The van der Waals surface area contributed by atoms with Crippen LogP contribution in [0, 0.1) is 17.5 Å². The van der Waals surface area contributed by atoms with Crippen molar-refractivity contribution in [3.8, 4) is 0 Å². The second kappa shape index (κ2) is 5.71. The standard InChI is InChI=1S/C13H18F3NO/c1-13(2,18-4)7-10(17-3)8-5-6-9(14)12(16)11(8)15/h5-6,10,17H,7H2,1-4H3. The van der Waals surface area contributed by atoms with Crippen molar-refractivity contribution in [2.75, 3.05) is 14.2 Å². The van der Waals surface area contributed by atoms with E-state index in [-0.39, 0.29) is 5.56 Å². The zero-order valence-electron chi connectivity index (χ0n) is 11.0. The number of hydrogen-bond acceptors (Lipinski definition) is 2. The molecular weight excluding hydrogens is 243 g/mol. The van der Waals surface area contributed by atoms with E-state index in [1.807, 2.05) is 13.8 Å². The van der Waals surface area contributed by atoms with Crippen LogP contribution < -0.4 is 5.32 Å². The molecule has 0 radical (unpaired) electrons. The molecule has 0 heterocycles. The molecule has 1 unspecified atom stereocenters. The average Bonchev–Trinajstić information content (AvgIpc) is 2.34. The molecule has 0 aliphatic heterocycles. The fourth-order valence-corrected chi connectivity index (χ4v) is 1.75. The van der Waals surface area contributed by atoms with Crippen LogP contribution in [0.4, 0.5) is 13.2 Å². The fourth-order valence-electron chi connectivity index (χ4n) is 1.75. The van der Waals surface area contributed by atoms with Gasteiger partial charge in [-0.15, -0.1) is 0 Å². The smallest absolute Gasteiger partial charge is 0.194 e. The van der Waals surface area contributed by atoms with Crippen molar-refractivity contribution >= 4 is 0 Å². The second-order valence-corrected chi connectivity index (χ2v) is 4.77. The zero-order chi connectivity index (χ0) is 13.9.